The number of hydrogen-bond donors (Lipinski definition) is 0. The summed E-state index contributed by atoms with van der Waals surface area (Å²) in [5.74, 6) is 1.47. The van der Waals surface area contributed by atoms with E-state index in [1.807, 2.05) is 18.2 Å². The van der Waals surface area contributed by atoms with Crippen LogP contribution >= 0.6 is 27.5 Å². The lowest BCUT2D eigenvalue weighted by Gasteiger charge is -2.07. The van der Waals surface area contributed by atoms with E-state index in [9.17, 15) is 4.79 Å². The molecule has 0 spiro atoms. The topological polar surface area (TPSA) is 44.8 Å². The van der Waals surface area contributed by atoms with Gasteiger partial charge in [-0.05, 0) is 42.3 Å². The van der Waals surface area contributed by atoms with Crippen LogP contribution < -0.4 is 14.2 Å². The Morgan fingerprint density at radius 2 is 2.00 bits per heavy atom. The molecule has 0 bridgehead atoms. The van der Waals surface area contributed by atoms with Crippen LogP contribution in [0, 0.1) is 0 Å². The minimum atomic E-state index is -0.332. The maximum absolute atomic E-state index is 11.9. The summed E-state index contributed by atoms with van der Waals surface area (Å²) in [5, 5.41) is 0.394. The molecule has 1 aliphatic heterocycles. The van der Waals surface area contributed by atoms with Crippen LogP contribution in [0.1, 0.15) is 12.0 Å². The Hall–Kier alpha value is -1.72. The van der Waals surface area contributed by atoms with Gasteiger partial charge in [-0.3, -0.25) is 4.79 Å². The molecule has 114 valence electrons. The fourth-order valence-corrected chi connectivity index (χ4v) is 2.79. The van der Waals surface area contributed by atoms with Gasteiger partial charge in [-0.1, -0.05) is 33.6 Å². The molecule has 0 fully saturated rings. The molecule has 2 aromatic rings. The van der Waals surface area contributed by atoms with E-state index in [-0.39, 0.29) is 19.2 Å². The molecule has 1 heterocycles. The maximum Gasteiger partial charge on any atom is 0.311 e. The molecular formula is C16H12BrClO4. The number of hydrogen-bond acceptors (Lipinski definition) is 4. The minimum Gasteiger partial charge on any atom is -0.454 e. The quantitative estimate of drug-likeness (QED) is 0.581. The monoisotopic (exact) mass is 382 g/mol. The van der Waals surface area contributed by atoms with Crippen molar-refractivity contribution in [2.75, 3.05) is 6.79 Å². The summed E-state index contributed by atoms with van der Waals surface area (Å²) in [4.78, 5) is 11.9. The van der Waals surface area contributed by atoms with Gasteiger partial charge in [-0.2, -0.15) is 0 Å². The molecular weight excluding hydrogens is 372 g/mol. The van der Waals surface area contributed by atoms with E-state index in [0.717, 1.165) is 15.8 Å². The lowest BCUT2D eigenvalue weighted by Crippen LogP contribution is -2.09. The Balaban J connectivity index is 1.58. The number of halogens is 2. The highest BCUT2D eigenvalue weighted by Crippen LogP contribution is 2.33. The van der Waals surface area contributed by atoms with Gasteiger partial charge in [0.1, 0.15) is 5.75 Å². The number of rotatable bonds is 4. The second-order valence-electron chi connectivity index (χ2n) is 4.74. The van der Waals surface area contributed by atoms with Crippen molar-refractivity contribution in [3.63, 3.8) is 0 Å². The summed E-state index contributed by atoms with van der Waals surface area (Å²) < 4.78 is 16.7. The summed E-state index contributed by atoms with van der Waals surface area (Å²) in [5.41, 5.74) is 0.989. The van der Waals surface area contributed by atoms with Crippen LogP contribution in [0.3, 0.4) is 0 Å². The number of benzene rings is 2. The molecule has 0 aliphatic carbocycles. The molecule has 0 unspecified atom stereocenters. The number of carbonyl (C=O) groups is 1. The highest BCUT2D eigenvalue weighted by atomic mass is 79.9. The van der Waals surface area contributed by atoms with Gasteiger partial charge in [0.25, 0.3) is 0 Å². The Kier molecular flexibility index (Phi) is 4.55. The number of carbonyl (C=O) groups excluding carboxylic acids is 1. The number of ether oxygens (including phenoxy) is 3. The Labute approximate surface area is 141 Å². The largest absolute Gasteiger partial charge is 0.454 e. The third-order valence-corrected chi connectivity index (χ3v) is 3.96. The average Bonchev–Trinajstić information content (AvgIpc) is 2.95. The minimum absolute atomic E-state index is 0.239. The van der Waals surface area contributed by atoms with Gasteiger partial charge in [-0.25, -0.2) is 0 Å². The molecule has 2 aromatic carbocycles. The lowest BCUT2D eigenvalue weighted by atomic mass is 10.1. The second kappa shape index (κ2) is 6.58. The van der Waals surface area contributed by atoms with Crippen molar-refractivity contribution in [1.29, 1.82) is 0 Å². The molecule has 0 radical (unpaired) electrons. The van der Waals surface area contributed by atoms with Gasteiger partial charge < -0.3 is 14.2 Å². The van der Waals surface area contributed by atoms with Crippen LogP contribution in [0.5, 0.6) is 17.2 Å². The summed E-state index contributed by atoms with van der Waals surface area (Å²) >= 11 is 9.32. The predicted molar refractivity (Wildman–Crippen MR) is 85.7 cm³/mol. The van der Waals surface area contributed by atoms with E-state index in [1.165, 1.54) is 0 Å². The standard InChI is InChI=1S/C16H12BrClO4/c17-11-3-5-13(12(18)8-11)22-16(19)6-2-10-1-4-14-15(7-10)21-9-20-14/h1,3-5,7-8H,2,6,9H2. The van der Waals surface area contributed by atoms with E-state index in [1.54, 1.807) is 18.2 Å². The van der Waals surface area contributed by atoms with Crippen molar-refractivity contribution in [3.05, 3.63) is 51.5 Å². The first-order chi connectivity index (χ1) is 10.6. The first-order valence-electron chi connectivity index (χ1n) is 6.66. The molecule has 0 saturated carbocycles. The molecule has 0 aromatic heterocycles. The molecule has 3 rings (SSSR count). The van der Waals surface area contributed by atoms with E-state index < -0.39 is 0 Å². The summed E-state index contributed by atoms with van der Waals surface area (Å²) in [6, 6.07) is 10.7. The van der Waals surface area contributed by atoms with Crippen molar-refractivity contribution < 1.29 is 19.0 Å². The summed E-state index contributed by atoms with van der Waals surface area (Å²) in [6.45, 7) is 0.239. The van der Waals surface area contributed by atoms with Crippen molar-refractivity contribution >= 4 is 33.5 Å². The van der Waals surface area contributed by atoms with Gasteiger partial charge in [0.05, 0.1) is 5.02 Å². The SMILES string of the molecule is O=C(CCc1ccc2c(c1)OCO2)Oc1ccc(Br)cc1Cl. The molecule has 0 saturated heterocycles. The number of esters is 1. The zero-order valence-electron chi connectivity index (χ0n) is 11.5. The van der Waals surface area contributed by atoms with Crippen molar-refractivity contribution in [2.24, 2.45) is 0 Å². The van der Waals surface area contributed by atoms with Crippen LogP contribution in [-0.2, 0) is 11.2 Å². The predicted octanol–water partition coefficient (Wildman–Crippen LogP) is 4.37. The zero-order chi connectivity index (χ0) is 15.5. The van der Waals surface area contributed by atoms with E-state index in [0.29, 0.717) is 22.9 Å². The molecule has 6 heteroatoms. The lowest BCUT2D eigenvalue weighted by molar-refractivity contribution is -0.134. The van der Waals surface area contributed by atoms with E-state index >= 15 is 0 Å². The molecule has 0 atom stereocenters. The number of aryl methyl sites for hydroxylation is 1. The number of fused-ring (bicyclic) bond motifs is 1. The van der Waals surface area contributed by atoms with Crippen molar-refractivity contribution in [2.45, 2.75) is 12.8 Å². The fourth-order valence-electron chi connectivity index (χ4n) is 2.07. The van der Waals surface area contributed by atoms with Gasteiger partial charge >= 0.3 is 5.97 Å². The first kappa shape index (κ1) is 15.2. The molecule has 0 amide bonds. The van der Waals surface area contributed by atoms with Crippen LogP contribution in [0.25, 0.3) is 0 Å². The molecule has 0 N–H and O–H groups in total. The van der Waals surface area contributed by atoms with Gasteiger partial charge in [0.15, 0.2) is 11.5 Å². The van der Waals surface area contributed by atoms with Crippen LogP contribution in [0.2, 0.25) is 5.02 Å². The van der Waals surface area contributed by atoms with Crippen LogP contribution in [0.4, 0.5) is 0 Å². The Morgan fingerprint density at radius 3 is 2.82 bits per heavy atom. The van der Waals surface area contributed by atoms with E-state index in [4.69, 9.17) is 25.8 Å². The van der Waals surface area contributed by atoms with Crippen LogP contribution in [0.15, 0.2) is 40.9 Å². The summed E-state index contributed by atoms with van der Waals surface area (Å²) in [7, 11) is 0. The Morgan fingerprint density at radius 1 is 1.18 bits per heavy atom. The zero-order valence-corrected chi connectivity index (χ0v) is 13.8. The smallest absolute Gasteiger partial charge is 0.311 e. The fraction of sp³-hybridized carbons (Fsp3) is 0.188. The molecule has 4 nitrogen and oxygen atoms in total. The van der Waals surface area contributed by atoms with Crippen LogP contribution in [-0.4, -0.2) is 12.8 Å². The Bertz CT molecular complexity index is 717. The van der Waals surface area contributed by atoms with E-state index in [2.05, 4.69) is 15.9 Å². The molecule has 1 aliphatic rings. The maximum atomic E-state index is 11.9. The average molecular weight is 384 g/mol. The highest BCUT2D eigenvalue weighted by Gasteiger charge is 2.14. The summed E-state index contributed by atoms with van der Waals surface area (Å²) in [6.07, 6.45) is 0.815. The third-order valence-electron chi connectivity index (χ3n) is 3.17. The normalized spacial score (nSPS) is 12.3. The molecule has 22 heavy (non-hydrogen) atoms. The van der Waals surface area contributed by atoms with Gasteiger partial charge in [-0.15, -0.1) is 0 Å². The van der Waals surface area contributed by atoms with Crippen molar-refractivity contribution in [3.8, 4) is 17.2 Å². The second-order valence-corrected chi connectivity index (χ2v) is 6.06. The highest BCUT2D eigenvalue weighted by molar-refractivity contribution is 9.10. The van der Waals surface area contributed by atoms with Crippen molar-refractivity contribution in [1.82, 2.24) is 0 Å². The first-order valence-corrected chi connectivity index (χ1v) is 7.83. The van der Waals surface area contributed by atoms with Gasteiger partial charge in [0.2, 0.25) is 6.79 Å². The van der Waals surface area contributed by atoms with Gasteiger partial charge in [0, 0.05) is 10.9 Å². The third kappa shape index (κ3) is 3.54.